The molecule has 1 saturated carbocycles. The third-order valence-electron chi connectivity index (χ3n) is 5.14. The van der Waals surface area contributed by atoms with Crippen molar-refractivity contribution >= 4 is 23.2 Å². The van der Waals surface area contributed by atoms with E-state index >= 15 is 0 Å². The average Bonchev–Trinajstić information content (AvgIpc) is 3.18. The summed E-state index contributed by atoms with van der Waals surface area (Å²) >= 11 is 6.83. The molecule has 2 atom stereocenters. The zero-order valence-electron chi connectivity index (χ0n) is 12.6. The van der Waals surface area contributed by atoms with Crippen molar-refractivity contribution in [2.45, 2.75) is 17.2 Å². The molecule has 4 rings (SSSR count). The van der Waals surface area contributed by atoms with Gasteiger partial charge in [0.15, 0.2) is 11.6 Å². The molecule has 2 aliphatic rings. The predicted octanol–water partition coefficient (Wildman–Crippen LogP) is 3.68. The minimum Gasteiger partial charge on any atom is -0.294 e. The molecule has 3 heteroatoms. The number of rotatable bonds is 2. The Morgan fingerprint density at radius 2 is 1.35 bits per heavy atom. The lowest BCUT2D eigenvalue weighted by Gasteiger charge is -2.21. The summed E-state index contributed by atoms with van der Waals surface area (Å²) in [6, 6.07) is 19.3. The molecule has 2 nitrogen and oxygen atoms in total. The topological polar surface area (TPSA) is 34.1 Å². The Labute approximate surface area is 139 Å². The summed E-state index contributed by atoms with van der Waals surface area (Å²) in [6.07, 6.45) is 1.40. The lowest BCUT2D eigenvalue weighted by Crippen LogP contribution is -2.29. The van der Waals surface area contributed by atoms with Crippen LogP contribution in [0, 0.1) is 5.92 Å². The Morgan fingerprint density at radius 3 is 1.83 bits per heavy atom. The average molecular weight is 323 g/mol. The molecule has 0 radical (unpaired) electrons. The van der Waals surface area contributed by atoms with Gasteiger partial charge in [0, 0.05) is 0 Å². The Morgan fingerprint density at radius 1 is 0.870 bits per heavy atom. The minimum absolute atomic E-state index is 0.0349. The lowest BCUT2D eigenvalue weighted by atomic mass is 9.83. The van der Waals surface area contributed by atoms with Gasteiger partial charge in [-0.3, -0.25) is 9.59 Å². The van der Waals surface area contributed by atoms with Crippen LogP contribution in [0.3, 0.4) is 0 Å². The summed E-state index contributed by atoms with van der Waals surface area (Å²) < 4.78 is 0. The maximum absolute atomic E-state index is 12.8. The summed E-state index contributed by atoms with van der Waals surface area (Å²) in [5.41, 5.74) is 1.52. The fourth-order valence-electron chi connectivity index (χ4n) is 4.08. The number of ketones is 2. The normalized spacial score (nSPS) is 28.1. The van der Waals surface area contributed by atoms with Crippen molar-refractivity contribution in [1.29, 1.82) is 0 Å². The van der Waals surface area contributed by atoms with E-state index in [2.05, 4.69) is 0 Å². The fraction of sp³-hybridized carbons (Fsp3) is 0.200. The van der Waals surface area contributed by atoms with E-state index in [-0.39, 0.29) is 11.6 Å². The molecule has 0 bridgehead atoms. The van der Waals surface area contributed by atoms with Crippen molar-refractivity contribution in [2.24, 2.45) is 5.92 Å². The number of hydrogen-bond donors (Lipinski definition) is 0. The monoisotopic (exact) mass is 322 g/mol. The van der Waals surface area contributed by atoms with E-state index in [0.717, 1.165) is 11.1 Å². The third kappa shape index (κ3) is 1.59. The maximum Gasteiger partial charge on any atom is 0.179 e. The third-order valence-corrected chi connectivity index (χ3v) is 5.84. The van der Waals surface area contributed by atoms with Crippen LogP contribution in [0.2, 0.25) is 0 Å². The van der Waals surface area contributed by atoms with Crippen LogP contribution in [-0.4, -0.2) is 16.4 Å². The minimum atomic E-state index is -1.22. The number of carbonyl (C=O) groups is 2. The van der Waals surface area contributed by atoms with Gasteiger partial charge in [-0.2, -0.15) is 0 Å². The summed E-state index contributed by atoms with van der Waals surface area (Å²) in [4.78, 5) is 24.3. The molecule has 0 N–H and O–H groups in total. The van der Waals surface area contributed by atoms with Gasteiger partial charge in [0.05, 0.1) is 11.3 Å². The first-order valence-corrected chi connectivity index (χ1v) is 7.99. The first kappa shape index (κ1) is 14.4. The van der Waals surface area contributed by atoms with Crippen molar-refractivity contribution < 1.29 is 9.59 Å². The molecular weight excluding hydrogens is 308 g/mol. The van der Waals surface area contributed by atoms with Crippen LogP contribution >= 0.6 is 11.6 Å². The van der Waals surface area contributed by atoms with Gasteiger partial charge >= 0.3 is 0 Å². The number of benzene rings is 2. The molecule has 2 aromatic rings. The Balaban J connectivity index is 2.02. The van der Waals surface area contributed by atoms with E-state index in [9.17, 15) is 9.59 Å². The molecule has 23 heavy (non-hydrogen) atoms. The maximum atomic E-state index is 12.8. The number of carbonyl (C=O) groups excluding carboxylic acids is 2. The quantitative estimate of drug-likeness (QED) is 0.790. The Hall–Kier alpha value is -2.19. The SMILES string of the molecule is CC1=CC(=O)C2(Cl)C(C1=O)C2(c1ccccc1)c1ccccc1. The Bertz CT molecular complexity index is 799. The van der Waals surface area contributed by atoms with Crippen molar-refractivity contribution in [2.75, 3.05) is 0 Å². The number of hydrogen-bond acceptors (Lipinski definition) is 2. The second kappa shape index (κ2) is 4.65. The number of fused-ring (bicyclic) bond motifs is 1. The first-order valence-electron chi connectivity index (χ1n) is 7.61. The molecule has 114 valence electrons. The van der Waals surface area contributed by atoms with Crippen LogP contribution in [0.5, 0.6) is 0 Å². The summed E-state index contributed by atoms with van der Waals surface area (Å²) in [5.74, 6) is -0.750. The van der Waals surface area contributed by atoms with E-state index in [4.69, 9.17) is 11.6 Å². The van der Waals surface area contributed by atoms with Crippen molar-refractivity contribution in [3.8, 4) is 0 Å². The van der Waals surface area contributed by atoms with Gasteiger partial charge < -0.3 is 0 Å². The van der Waals surface area contributed by atoms with E-state index in [1.54, 1.807) is 6.92 Å². The van der Waals surface area contributed by atoms with E-state index in [1.807, 2.05) is 60.7 Å². The molecule has 0 amide bonds. The Kier molecular flexibility index (Phi) is 2.91. The number of Topliss-reactive ketones (excluding diaryl/α,β-unsaturated/α-hetero) is 1. The molecule has 2 aromatic carbocycles. The molecule has 2 unspecified atom stereocenters. The number of allylic oxidation sites excluding steroid dienone is 2. The lowest BCUT2D eigenvalue weighted by molar-refractivity contribution is -0.121. The first-order chi connectivity index (χ1) is 11.0. The van der Waals surface area contributed by atoms with Gasteiger partial charge in [-0.1, -0.05) is 60.7 Å². The highest BCUT2D eigenvalue weighted by Crippen LogP contribution is 2.72. The zero-order valence-corrected chi connectivity index (χ0v) is 13.4. The molecule has 0 aliphatic heterocycles. The van der Waals surface area contributed by atoms with Crippen LogP contribution in [0.1, 0.15) is 18.1 Å². The van der Waals surface area contributed by atoms with Gasteiger partial charge in [-0.25, -0.2) is 0 Å². The largest absolute Gasteiger partial charge is 0.294 e. The van der Waals surface area contributed by atoms with Gasteiger partial charge in [-0.05, 0) is 29.7 Å². The summed E-state index contributed by atoms with van der Waals surface area (Å²) in [5, 5.41) is 0. The second-order valence-corrected chi connectivity index (χ2v) is 6.84. The highest BCUT2D eigenvalue weighted by atomic mass is 35.5. The van der Waals surface area contributed by atoms with Gasteiger partial charge in [0.2, 0.25) is 0 Å². The number of alkyl halides is 1. The molecule has 0 heterocycles. The predicted molar refractivity (Wildman–Crippen MR) is 89.5 cm³/mol. The molecular formula is C20H15ClO2. The van der Waals surface area contributed by atoms with Crippen LogP contribution < -0.4 is 0 Å². The van der Waals surface area contributed by atoms with Crippen LogP contribution in [0.4, 0.5) is 0 Å². The second-order valence-electron chi connectivity index (χ2n) is 6.24. The number of halogens is 1. The molecule has 0 saturated heterocycles. The highest BCUT2D eigenvalue weighted by molar-refractivity contribution is 6.46. The molecule has 1 fully saturated rings. The van der Waals surface area contributed by atoms with Gasteiger partial charge in [-0.15, -0.1) is 11.6 Å². The van der Waals surface area contributed by atoms with Crippen molar-refractivity contribution in [1.82, 2.24) is 0 Å². The summed E-state index contributed by atoms with van der Waals surface area (Å²) in [7, 11) is 0. The standard InChI is InChI=1S/C20H15ClO2/c1-13-12-16(22)20(21)18(17(13)23)19(20,14-8-4-2-5-9-14)15-10-6-3-7-11-15/h2-12,18H,1H3. The summed E-state index contributed by atoms with van der Waals surface area (Å²) in [6.45, 7) is 1.69. The molecule has 2 aliphatic carbocycles. The fourth-order valence-corrected chi connectivity index (χ4v) is 4.67. The van der Waals surface area contributed by atoms with Gasteiger partial charge in [0.1, 0.15) is 4.87 Å². The van der Waals surface area contributed by atoms with Gasteiger partial charge in [0.25, 0.3) is 0 Å². The van der Waals surface area contributed by atoms with E-state index < -0.39 is 16.2 Å². The zero-order chi connectivity index (χ0) is 16.2. The van der Waals surface area contributed by atoms with Crippen molar-refractivity contribution in [3.63, 3.8) is 0 Å². The van der Waals surface area contributed by atoms with Crippen molar-refractivity contribution in [3.05, 3.63) is 83.4 Å². The molecule has 0 aromatic heterocycles. The molecule has 0 spiro atoms. The van der Waals surface area contributed by atoms with Crippen LogP contribution in [-0.2, 0) is 15.0 Å². The van der Waals surface area contributed by atoms with Crippen LogP contribution in [0.25, 0.3) is 0 Å². The van der Waals surface area contributed by atoms with Crippen LogP contribution in [0.15, 0.2) is 72.3 Å². The van der Waals surface area contributed by atoms with E-state index in [0.29, 0.717) is 5.57 Å². The van der Waals surface area contributed by atoms with E-state index in [1.165, 1.54) is 6.08 Å². The highest BCUT2D eigenvalue weighted by Gasteiger charge is 2.84. The smallest absolute Gasteiger partial charge is 0.179 e.